The molecule has 0 aliphatic carbocycles. The van der Waals surface area contributed by atoms with Crippen molar-refractivity contribution in [1.29, 1.82) is 0 Å². The quantitative estimate of drug-likeness (QED) is 0.404. The van der Waals surface area contributed by atoms with Gasteiger partial charge >= 0.3 is 51.4 Å². The van der Waals surface area contributed by atoms with Crippen molar-refractivity contribution >= 4 is 29.2 Å². The first-order chi connectivity index (χ1) is 5.62. The van der Waals surface area contributed by atoms with Crippen molar-refractivity contribution in [2.24, 2.45) is 5.41 Å². The van der Waals surface area contributed by atoms with E-state index in [4.69, 9.17) is 4.74 Å². The molecule has 0 rings (SSSR count). The van der Waals surface area contributed by atoms with Gasteiger partial charge < -0.3 is 9.84 Å². The van der Waals surface area contributed by atoms with Crippen LogP contribution in [0.2, 0.25) is 0 Å². The molecule has 2 nitrogen and oxygen atoms in total. The summed E-state index contributed by atoms with van der Waals surface area (Å²) in [6.07, 6.45) is 0.663. The summed E-state index contributed by atoms with van der Waals surface area (Å²) in [5.41, 5.74) is -0.768. The van der Waals surface area contributed by atoms with Gasteiger partial charge in [0.1, 0.15) is 6.61 Å². The van der Waals surface area contributed by atoms with Crippen LogP contribution in [0.3, 0.4) is 0 Å². The third-order valence-electron chi connectivity index (χ3n) is 1.42. The van der Waals surface area contributed by atoms with Crippen molar-refractivity contribution in [2.45, 2.75) is 39.7 Å². The molecule has 0 aromatic carbocycles. The summed E-state index contributed by atoms with van der Waals surface area (Å²) in [6, 6.07) is 0. The summed E-state index contributed by atoms with van der Waals surface area (Å²) in [4.78, 5) is 0. The van der Waals surface area contributed by atoms with E-state index in [1.54, 1.807) is 6.92 Å². The van der Waals surface area contributed by atoms with Gasteiger partial charge in [0.2, 0.25) is 4.38 Å². The van der Waals surface area contributed by atoms with Crippen molar-refractivity contribution in [3.05, 3.63) is 0 Å². The fourth-order valence-corrected chi connectivity index (χ4v) is 1.53. The molecule has 0 aliphatic heterocycles. The fourth-order valence-electron chi connectivity index (χ4n) is 1.41. The molecule has 0 aliphatic rings. The van der Waals surface area contributed by atoms with Crippen molar-refractivity contribution < 1.29 is 61.2 Å². The first-order valence-corrected chi connectivity index (χ1v) is 5.06. The van der Waals surface area contributed by atoms with Gasteiger partial charge in [-0.05, 0) is 31.0 Å². The first kappa shape index (κ1) is 18.2. The zero-order valence-electron chi connectivity index (χ0n) is 9.63. The number of hydrogen-bond donors (Lipinski definition) is 2. The van der Waals surface area contributed by atoms with Crippen molar-refractivity contribution in [1.82, 2.24) is 0 Å². The second-order valence-corrected chi connectivity index (χ2v) is 5.87. The Morgan fingerprint density at radius 2 is 1.79 bits per heavy atom. The average molecular weight is 261 g/mol. The fraction of sp³-hybridized carbons (Fsp3) is 0.889. The molecule has 0 amide bonds. The third kappa shape index (κ3) is 11.9. The van der Waals surface area contributed by atoms with Gasteiger partial charge in [-0.15, -0.1) is 0 Å². The van der Waals surface area contributed by atoms with Gasteiger partial charge in [-0.2, -0.15) is 0 Å². The molecule has 14 heavy (non-hydrogen) atoms. The Balaban J connectivity index is 0. The summed E-state index contributed by atoms with van der Waals surface area (Å²) in [7, 11) is 0. The Hall–Kier alpha value is 1.84. The predicted octanol–water partition coefficient (Wildman–Crippen LogP) is -0.591. The number of hydrogen-bond acceptors (Lipinski definition) is 3. The van der Waals surface area contributed by atoms with Crippen LogP contribution >= 0.6 is 24.8 Å². The molecule has 0 aromatic rings. The Bertz CT molecular complexity index is 188. The smallest absolute Gasteiger partial charge is 0.476 e. The van der Waals surface area contributed by atoms with Crippen molar-refractivity contribution in [3.8, 4) is 0 Å². The molecule has 1 unspecified atom stereocenters. The van der Waals surface area contributed by atoms with E-state index in [1.165, 1.54) is 0 Å². The van der Waals surface area contributed by atoms with E-state index < -0.39 is 5.60 Å². The van der Waals surface area contributed by atoms with E-state index in [-0.39, 0.29) is 67.8 Å². The monoisotopic (exact) mass is 261 g/mol. The molecule has 0 saturated carbocycles. The molecular weight excluding hydrogens is 243 g/mol. The average Bonchev–Trinajstić information content (AvgIpc) is 1.78. The Morgan fingerprint density at radius 3 is 2.07 bits per heavy atom. The van der Waals surface area contributed by atoms with Crippen LogP contribution < -0.4 is 51.4 Å². The van der Waals surface area contributed by atoms with E-state index >= 15 is 0 Å². The maximum atomic E-state index is 9.88. The molecule has 0 saturated heterocycles. The molecular formula is C9H18KO2S2+. The van der Waals surface area contributed by atoms with Crippen LogP contribution in [-0.4, -0.2) is 21.7 Å². The predicted molar refractivity (Wildman–Crippen MR) is 62.2 cm³/mol. The molecule has 1 atom stereocenters. The van der Waals surface area contributed by atoms with Gasteiger partial charge in [0.25, 0.3) is 0 Å². The summed E-state index contributed by atoms with van der Waals surface area (Å²) in [6.45, 7) is 8.15. The van der Waals surface area contributed by atoms with Crippen LogP contribution in [0.4, 0.5) is 0 Å². The zero-order valence-corrected chi connectivity index (χ0v) is 14.5. The molecule has 0 spiro atoms. The Morgan fingerprint density at radius 1 is 1.36 bits per heavy atom. The maximum absolute atomic E-state index is 9.88. The van der Waals surface area contributed by atoms with Crippen molar-refractivity contribution in [3.63, 3.8) is 0 Å². The molecule has 5 heteroatoms. The Labute approximate surface area is 140 Å². The summed E-state index contributed by atoms with van der Waals surface area (Å²) in [5, 5.41) is 9.88. The van der Waals surface area contributed by atoms with Gasteiger partial charge in [-0.25, -0.2) is 0 Å². The van der Waals surface area contributed by atoms with E-state index in [2.05, 4.69) is 45.6 Å². The molecule has 0 bridgehead atoms. The van der Waals surface area contributed by atoms with E-state index in [0.717, 1.165) is 0 Å². The minimum Gasteiger partial charge on any atom is -0.476 e. The largest absolute Gasteiger partial charge is 1.00 e. The number of thiocarbonyl (C=S) groups is 1. The summed E-state index contributed by atoms with van der Waals surface area (Å²) in [5.74, 6) is 0. The number of thiol groups is 1. The maximum Gasteiger partial charge on any atom is 1.00 e. The van der Waals surface area contributed by atoms with Gasteiger partial charge in [0.15, 0.2) is 0 Å². The number of ether oxygens (including phenoxy) is 1. The molecule has 0 heterocycles. The minimum atomic E-state index is -0.842. The van der Waals surface area contributed by atoms with E-state index in [9.17, 15) is 5.11 Å². The third-order valence-corrected chi connectivity index (χ3v) is 1.66. The second-order valence-electron chi connectivity index (χ2n) is 4.79. The van der Waals surface area contributed by atoms with Gasteiger partial charge in [-0.1, -0.05) is 33.4 Å². The van der Waals surface area contributed by atoms with Crippen LogP contribution in [0.1, 0.15) is 34.1 Å². The normalized spacial score (nSPS) is 15.3. The summed E-state index contributed by atoms with van der Waals surface area (Å²) < 4.78 is 5.17. The van der Waals surface area contributed by atoms with Gasteiger partial charge in [0.05, 0.1) is 5.60 Å². The molecule has 0 aromatic heterocycles. The van der Waals surface area contributed by atoms with Crippen LogP contribution in [0.5, 0.6) is 0 Å². The first-order valence-electron chi connectivity index (χ1n) is 4.20. The van der Waals surface area contributed by atoms with E-state index in [0.29, 0.717) is 6.42 Å². The molecule has 0 radical (unpaired) electrons. The zero-order chi connectivity index (χ0) is 10.7. The van der Waals surface area contributed by atoms with Crippen LogP contribution in [0, 0.1) is 5.41 Å². The topological polar surface area (TPSA) is 29.5 Å². The van der Waals surface area contributed by atoms with Crippen LogP contribution in [0.15, 0.2) is 0 Å². The van der Waals surface area contributed by atoms with Crippen LogP contribution in [-0.2, 0) is 4.74 Å². The second kappa shape index (κ2) is 7.22. The Kier molecular flexibility index (Phi) is 9.39. The van der Waals surface area contributed by atoms with E-state index in [1.807, 2.05) is 0 Å². The number of rotatable bonds is 3. The molecule has 0 fully saturated rings. The van der Waals surface area contributed by atoms with Gasteiger partial charge in [0, 0.05) is 0 Å². The van der Waals surface area contributed by atoms with Gasteiger partial charge in [-0.3, -0.25) is 0 Å². The molecule has 78 valence electrons. The van der Waals surface area contributed by atoms with Crippen molar-refractivity contribution in [2.75, 3.05) is 6.61 Å². The van der Waals surface area contributed by atoms with Crippen LogP contribution in [0.25, 0.3) is 0 Å². The SMILES string of the molecule is CC(C)(C)CC(C)(O)COC(=S)S.[K+]. The standard InChI is InChI=1S/C9H18O2S2.K/c1-8(2,3)5-9(4,10)6-11-7(12)13;/h10H,5-6H2,1-4H3,(H,12,13);/q;+1. The number of aliphatic hydroxyl groups is 1. The summed E-state index contributed by atoms with van der Waals surface area (Å²) >= 11 is 8.46. The molecule has 1 N–H and O–H groups in total. The minimum absolute atomic E-state index is 0.